The summed E-state index contributed by atoms with van der Waals surface area (Å²) in [5, 5.41) is 4.26. The Hall–Kier alpha value is -1.15. The summed E-state index contributed by atoms with van der Waals surface area (Å²) in [6.07, 6.45) is 2.66. The summed E-state index contributed by atoms with van der Waals surface area (Å²) in [6.45, 7) is 3.25. The molecule has 1 aliphatic rings. The van der Waals surface area contributed by atoms with Crippen molar-refractivity contribution in [3.05, 3.63) is 11.9 Å². The number of nitrogens with two attached hydrogens (primary N) is 1. The van der Waals surface area contributed by atoms with Gasteiger partial charge in [-0.1, -0.05) is 0 Å². The number of methoxy groups -OCH3 is 1. The third-order valence-electron chi connectivity index (χ3n) is 4.19. The van der Waals surface area contributed by atoms with Crippen LogP contribution < -0.4 is 16.0 Å². The van der Waals surface area contributed by atoms with E-state index in [1.165, 1.54) is 0 Å². The number of aromatic nitrogens is 2. The maximum atomic E-state index is 5.77. The van der Waals surface area contributed by atoms with Crippen molar-refractivity contribution in [1.82, 2.24) is 25.0 Å². The largest absolute Gasteiger partial charge is 0.493 e. The van der Waals surface area contributed by atoms with Crippen LogP contribution in [-0.2, 0) is 7.05 Å². The van der Waals surface area contributed by atoms with E-state index in [2.05, 4.69) is 34.4 Å². The van der Waals surface area contributed by atoms with Crippen molar-refractivity contribution < 1.29 is 4.74 Å². The lowest BCUT2D eigenvalue weighted by molar-refractivity contribution is 0.0999. The van der Waals surface area contributed by atoms with Crippen molar-refractivity contribution in [3.63, 3.8) is 0 Å². The number of hydrogen-bond donors (Lipinski definition) is 2. The van der Waals surface area contributed by atoms with E-state index < -0.39 is 0 Å². The molecule has 114 valence electrons. The number of nitrogens with one attached hydrogen (secondary N) is 1. The fraction of sp³-hybridized carbons (Fsp3) is 0.769. The molecule has 1 saturated heterocycles. The molecule has 20 heavy (non-hydrogen) atoms. The van der Waals surface area contributed by atoms with Crippen molar-refractivity contribution in [1.29, 1.82) is 0 Å². The van der Waals surface area contributed by atoms with Crippen molar-refractivity contribution in [2.24, 2.45) is 12.9 Å². The molecule has 2 unspecified atom stereocenters. The quantitative estimate of drug-likeness (QED) is 0.564. The number of ether oxygens (including phenoxy) is 1. The molecule has 2 heterocycles. The van der Waals surface area contributed by atoms with Crippen LogP contribution >= 0.6 is 0 Å². The molecule has 0 amide bonds. The third kappa shape index (κ3) is 3.12. The average Bonchev–Trinajstić information content (AvgIpc) is 2.81. The molecule has 7 heteroatoms. The summed E-state index contributed by atoms with van der Waals surface area (Å²) in [7, 11) is 7.91. The van der Waals surface area contributed by atoms with Gasteiger partial charge in [-0.25, -0.2) is 0 Å². The summed E-state index contributed by atoms with van der Waals surface area (Å²) in [6, 6.07) is 0.491. The SMILES string of the molecule is COc1cnn(C)c1C(CC1CN(C)CCN1C)NN. The zero-order chi connectivity index (χ0) is 14.7. The van der Waals surface area contributed by atoms with Crippen LogP contribution in [0.4, 0.5) is 0 Å². The second-order valence-corrected chi connectivity index (χ2v) is 5.57. The molecule has 7 nitrogen and oxygen atoms in total. The topological polar surface area (TPSA) is 71.6 Å². The lowest BCUT2D eigenvalue weighted by atomic mass is 10.0. The Morgan fingerprint density at radius 3 is 2.85 bits per heavy atom. The molecule has 0 bridgehead atoms. The van der Waals surface area contributed by atoms with Gasteiger partial charge < -0.3 is 14.5 Å². The first-order valence-electron chi connectivity index (χ1n) is 6.97. The molecule has 2 atom stereocenters. The van der Waals surface area contributed by atoms with Gasteiger partial charge in [-0.3, -0.25) is 16.0 Å². The van der Waals surface area contributed by atoms with Crippen LogP contribution in [0.1, 0.15) is 18.2 Å². The van der Waals surface area contributed by atoms with E-state index in [9.17, 15) is 0 Å². The molecule has 3 N–H and O–H groups in total. The number of nitrogens with zero attached hydrogens (tertiary/aromatic N) is 4. The molecule has 1 aromatic heterocycles. The Bertz CT molecular complexity index is 434. The second kappa shape index (κ2) is 6.53. The third-order valence-corrected chi connectivity index (χ3v) is 4.19. The average molecular weight is 282 g/mol. The number of hydrogen-bond acceptors (Lipinski definition) is 6. The summed E-state index contributed by atoms with van der Waals surface area (Å²) >= 11 is 0. The maximum Gasteiger partial charge on any atom is 0.161 e. The van der Waals surface area contributed by atoms with E-state index in [0.29, 0.717) is 6.04 Å². The molecular weight excluding hydrogens is 256 g/mol. The standard InChI is InChI=1S/C13H26N6O/c1-17-5-6-18(2)10(9-17)7-11(16-14)13-12(20-4)8-15-19(13)3/h8,10-11,16H,5-7,9,14H2,1-4H3. The first-order chi connectivity index (χ1) is 9.56. The van der Waals surface area contributed by atoms with Crippen LogP contribution in [0.5, 0.6) is 5.75 Å². The number of aryl methyl sites for hydroxylation is 1. The van der Waals surface area contributed by atoms with Gasteiger partial charge in [0.15, 0.2) is 5.75 Å². The van der Waals surface area contributed by atoms with E-state index in [-0.39, 0.29) is 6.04 Å². The fourth-order valence-electron chi connectivity index (χ4n) is 2.87. The molecule has 0 radical (unpaired) electrons. The maximum absolute atomic E-state index is 5.77. The van der Waals surface area contributed by atoms with Crippen LogP contribution in [0, 0.1) is 0 Å². The van der Waals surface area contributed by atoms with Gasteiger partial charge in [0.2, 0.25) is 0 Å². The highest BCUT2D eigenvalue weighted by Crippen LogP contribution is 2.28. The minimum absolute atomic E-state index is 0.0244. The van der Waals surface area contributed by atoms with Crippen LogP contribution in [0.3, 0.4) is 0 Å². The normalized spacial score (nSPS) is 22.9. The number of rotatable bonds is 5. The number of hydrazine groups is 1. The predicted molar refractivity (Wildman–Crippen MR) is 78.4 cm³/mol. The van der Waals surface area contributed by atoms with Crippen molar-refractivity contribution in [3.8, 4) is 5.75 Å². The van der Waals surface area contributed by atoms with Gasteiger partial charge in [0.25, 0.3) is 0 Å². The van der Waals surface area contributed by atoms with Crippen LogP contribution in [0.25, 0.3) is 0 Å². The smallest absolute Gasteiger partial charge is 0.161 e. The highest BCUT2D eigenvalue weighted by atomic mass is 16.5. The summed E-state index contributed by atoms with van der Waals surface area (Å²) in [4.78, 5) is 4.76. The Labute approximate surface area is 120 Å². The predicted octanol–water partition coefficient (Wildman–Crippen LogP) is -0.431. The Kier molecular flexibility index (Phi) is 4.98. The first kappa shape index (κ1) is 15.2. The first-order valence-corrected chi connectivity index (χ1v) is 6.97. The summed E-state index contributed by atoms with van der Waals surface area (Å²) in [5.41, 5.74) is 3.91. The van der Waals surface area contributed by atoms with Gasteiger partial charge >= 0.3 is 0 Å². The van der Waals surface area contributed by atoms with E-state index in [1.807, 2.05) is 11.7 Å². The molecule has 2 rings (SSSR count). The summed E-state index contributed by atoms with van der Waals surface area (Å²) < 4.78 is 7.21. The molecule has 1 fully saturated rings. The Balaban J connectivity index is 2.14. The highest BCUT2D eigenvalue weighted by Gasteiger charge is 2.28. The van der Waals surface area contributed by atoms with Crippen molar-refractivity contribution in [2.45, 2.75) is 18.5 Å². The fourth-order valence-corrected chi connectivity index (χ4v) is 2.87. The van der Waals surface area contributed by atoms with Gasteiger partial charge in [0, 0.05) is 32.7 Å². The van der Waals surface area contributed by atoms with Gasteiger partial charge in [-0.15, -0.1) is 0 Å². The van der Waals surface area contributed by atoms with Crippen molar-refractivity contribution >= 4 is 0 Å². The van der Waals surface area contributed by atoms with Gasteiger partial charge in [-0.2, -0.15) is 5.10 Å². The number of likely N-dealkylation sites (N-methyl/N-ethyl adjacent to an activating group) is 2. The highest BCUT2D eigenvalue weighted by molar-refractivity contribution is 5.28. The van der Waals surface area contributed by atoms with Crippen LogP contribution in [0.15, 0.2) is 6.20 Å². The van der Waals surface area contributed by atoms with Crippen LogP contribution in [0.2, 0.25) is 0 Å². The van der Waals surface area contributed by atoms with Gasteiger partial charge in [0.1, 0.15) is 0 Å². The van der Waals surface area contributed by atoms with Gasteiger partial charge in [0.05, 0.1) is 25.0 Å². The molecular formula is C13H26N6O. The molecule has 1 aliphatic heterocycles. The van der Waals surface area contributed by atoms with E-state index in [1.54, 1.807) is 13.3 Å². The molecule has 0 aromatic carbocycles. The summed E-state index contributed by atoms with van der Waals surface area (Å²) in [5.74, 6) is 6.55. The zero-order valence-corrected chi connectivity index (χ0v) is 12.8. The Morgan fingerprint density at radius 1 is 1.45 bits per heavy atom. The van der Waals surface area contributed by atoms with E-state index in [4.69, 9.17) is 10.6 Å². The molecule has 0 spiro atoms. The van der Waals surface area contributed by atoms with E-state index in [0.717, 1.165) is 37.5 Å². The Morgan fingerprint density at radius 2 is 2.20 bits per heavy atom. The zero-order valence-electron chi connectivity index (χ0n) is 12.8. The van der Waals surface area contributed by atoms with Crippen LogP contribution in [-0.4, -0.2) is 66.5 Å². The molecule has 0 aliphatic carbocycles. The molecule has 1 aromatic rings. The minimum atomic E-state index is 0.0244. The minimum Gasteiger partial charge on any atom is -0.493 e. The van der Waals surface area contributed by atoms with E-state index >= 15 is 0 Å². The lowest BCUT2D eigenvalue weighted by Gasteiger charge is -2.39. The number of piperazine rings is 1. The van der Waals surface area contributed by atoms with Crippen molar-refractivity contribution in [2.75, 3.05) is 40.8 Å². The van der Waals surface area contributed by atoms with Gasteiger partial charge in [-0.05, 0) is 20.5 Å². The monoisotopic (exact) mass is 282 g/mol. The second-order valence-electron chi connectivity index (χ2n) is 5.57. The molecule has 0 saturated carbocycles. The lowest BCUT2D eigenvalue weighted by Crippen LogP contribution is -2.51.